The average Bonchev–Trinajstić information content (AvgIpc) is 2.29. The van der Waals surface area contributed by atoms with Crippen LogP contribution < -0.4 is 5.32 Å². The van der Waals surface area contributed by atoms with Crippen molar-refractivity contribution >= 4 is 35.0 Å². The highest BCUT2D eigenvalue weighted by atomic mass is 35.5. The number of hydrogen-bond donors (Lipinski definition) is 2. The van der Waals surface area contributed by atoms with Crippen molar-refractivity contribution in [2.24, 2.45) is 0 Å². The Hall–Kier alpha value is -0.710. The molecule has 16 heavy (non-hydrogen) atoms. The van der Waals surface area contributed by atoms with Gasteiger partial charge in [-0.05, 0) is 31.2 Å². The Kier molecular flexibility index (Phi) is 5.66. The fourth-order valence-electron chi connectivity index (χ4n) is 1.08. The van der Waals surface area contributed by atoms with Gasteiger partial charge in [-0.25, -0.2) is 0 Å². The summed E-state index contributed by atoms with van der Waals surface area (Å²) in [6.07, 6.45) is 0. The molecule has 0 saturated heterocycles. The van der Waals surface area contributed by atoms with E-state index in [-0.39, 0.29) is 17.8 Å². The number of nitrogens with one attached hydrogen (secondary N) is 1. The SMILES string of the molecule is CC(SCCO)C(=O)Nc1ccc(Cl)cc1. The Labute approximate surface area is 104 Å². The van der Waals surface area contributed by atoms with Gasteiger partial charge in [0.25, 0.3) is 0 Å². The standard InChI is InChI=1S/C11H14ClNO2S/c1-8(16-7-6-14)11(15)13-10-4-2-9(12)3-5-10/h2-5,8,14H,6-7H2,1H3,(H,13,15). The van der Waals surface area contributed by atoms with Gasteiger partial charge in [0, 0.05) is 16.5 Å². The molecule has 88 valence electrons. The van der Waals surface area contributed by atoms with Crippen molar-refractivity contribution in [3.05, 3.63) is 29.3 Å². The molecule has 1 aromatic carbocycles. The Morgan fingerprint density at radius 3 is 2.69 bits per heavy atom. The minimum atomic E-state index is -0.178. The molecule has 1 atom stereocenters. The van der Waals surface area contributed by atoms with E-state index in [1.54, 1.807) is 24.3 Å². The molecule has 5 heteroatoms. The van der Waals surface area contributed by atoms with Crippen molar-refractivity contribution in [2.75, 3.05) is 17.7 Å². The Morgan fingerprint density at radius 1 is 1.50 bits per heavy atom. The molecule has 3 nitrogen and oxygen atoms in total. The fourth-order valence-corrected chi connectivity index (χ4v) is 1.88. The van der Waals surface area contributed by atoms with Crippen molar-refractivity contribution in [2.45, 2.75) is 12.2 Å². The highest BCUT2D eigenvalue weighted by Crippen LogP contribution is 2.16. The van der Waals surface area contributed by atoms with E-state index >= 15 is 0 Å². The maximum absolute atomic E-state index is 11.7. The summed E-state index contributed by atoms with van der Waals surface area (Å²) < 4.78 is 0. The van der Waals surface area contributed by atoms with Crippen LogP contribution in [0.25, 0.3) is 0 Å². The molecule has 0 radical (unpaired) electrons. The molecule has 0 fully saturated rings. The monoisotopic (exact) mass is 259 g/mol. The van der Waals surface area contributed by atoms with E-state index in [1.165, 1.54) is 11.8 Å². The topological polar surface area (TPSA) is 49.3 Å². The van der Waals surface area contributed by atoms with Crippen LogP contribution in [0.15, 0.2) is 24.3 Å². The maximum Gasteiger partial charge on any atom is 0.237 e. The molecule has 1 unspecified atom stereocenters. The zero-order chi connectivity index (χ0) is 12.0. The second kappa shape index (κ2) is 6.78. The molecule has 0 heterocycles. The van der Waals surface area contributed by atoms with Crippen LogP contribution in [0.4, 0.5) is 5.69 Å². The van der Waals surface area contributed by atoms with E-state index in [9.17, 15) is 4.79 Å². The summed E-state index contributed by atoms with van der Waals surface area (Å²) in [4.78, 5) is 11.7. The third kappa shape index (κ3) is 4.43. The van der Waals surface area contributed by atoms with Crippen LogP contribution in [0.3, 0.4) is 0 Å². The number of thioether (sulfide) groups is 1. The number of aliphatic hydroxyl groups is 1. The molecule has 1 rings (SSSR count). The van der Waals surface area contributed by atoms with Gasteiger partial charge in [-0.2, -0.15) is 0 Å². The number of hydrogen-bond acceptors (Lipinski definition) is 3. The third-order valence-electron chi connectivity index (χ3n) is 1.94. The van der Waals surface area contributed by atoms with Gasteiger partial charge in [0.2, 0.25) is 5.91 Å². The van der Waals surface area contributed by atoms with E-state index in [4.69, 9.17) is 16.7 Å². The second-order valence-corrected chi connectivity index (χ2v) is 5.12. The summed E-state index contributed by atoms with van der Waals surface area (Å²) in [6.45, 7) is 1.90. The van der Waals surface area contributed by atoms with Gasteiger partial charge in [0.1, 0.15) is 0 Å². The Balaban J connectivity index is 2.47. The Bertz CT molecular complexity index is 342. The number of halogens is 1. The smallest absolute Gasteiger partial charge is 0.237 e. The third-order valence-corrected chi connectivity index (χ3v) is 3.32. The normalized spacial score (nSPS) is 12.2. The molecule has 0 aromatic heterocycles. The molecule has 0 saturated carbocycles. The molecule has 0 aliphatic carbocycles. The number of benzene rings is 1. The predicted molar refractivity (Wildman–Crippen MR) is 69.1 cm³/mol. The number of carbonyl (C=O) groups excluding carboxylic acids is 1. The fraction of sp³-hybridized carbons (Fsp3) is 0.364. The van der Waals surface area contributed by atoms with Gasteiger partial charge in [-0.1, -0.05) is 11.6 Å². The summed E-state index contributed by atoms with van der Waals surface area (Å²) >= 11 is 7.15. The highest BCUT2D eigenvalue weighted by molar-refractivity contribution is 8.00. The Morgan fingerprint density at radius 2 is 2.12 bits per heavy atom. The molecule has 0 aliphatic rings. The van der Waals surface area contributed by atoms with Gasteiger partial charge in [-0.3, -0.25) is 4.79 Å². The number of anilines is 1. The largest absolute Gasteiger partial charge is 0.396 e. The molecular formula is C11H14ClNO2S. The first kappa shape index (κ1) is 13.4. The summed E-state index contributed by atoms with van der Waals surface area (Å²) in [6, 6.07) is 6.96. The number of carbonyl (C=O) groups is 1. The van der Waals surface area contributed by atoms with Gasteiger partial charge in [0.15, 0.2) is 0 Å². The van der Waals surface area contributed by atoms with Crippen molar-refractivity contribution in [3.63, 3.8) is 0 Å². The number of rotatable bonds is 5. The summed E-state index contributed by atoms with van der Waals surface area (Å²) in [5.41, 5.74) is 0.728. The lowest BCUT2D eigenvalue weighted by Crippen LogP contribution is -2.23. The van der Waals surface area contributed by atoms with Crippen molar-refractivity contribution in [1.29, 1.82) is 0 Å². The van der Waals surface area contributed by atoms with Crippen LogP contribution in [-0.4, -0.2) is 28.6 Å². The van der Waals surface area contributed by atoms with Gasteiger partial charge in [-0.15, -0.1) is 11.8 Å². The number of aliphatic hydroxyl groups excluding tert-OH is 1. The molecular weight excluding hydrogens is 246 g/mol. The van der Waals surface area contributed by atoms with Crippen LogP contribution in [-0.2, 0) is 4.79 Å². The summed E-state index contributed by atoms with van der Waals surface area (Å²) in [5, 5.41) is 11.9. The second-order valence-electron chi connectivity index (χ2n) is 3.23. The predicted octanol–water partition coefficient (Wildman–Crippen LogP) is 2.39. The first-order valence-corrected chi connectivity index (χ1v) is 6.35. The van der Waals surface area contributed by atoms with E-state index in [2.05, 4.69) is 5.32 Å². The van der Waals surface area contributed by atoms with E-state index in [0.717, 1.165) is 5.69 Å². The van der Waals surface area contributed by atoms with Crippen LogP contribution in [0.2, 0.25) is 5.02 Å². The molecule has 0 aliphatic heterocycles. The molecule has 2 N–H and O–H groups in total. The van der Waals surface area contributed by atoms with E-state index in [0.29, 0.717) is 10.8 Å². The van der Waals surface area contributed by atoms with E-state index in [1.807, 2.05) is 6.92 Å². The minimum Gasteiger partial charge on any atom is -0.396 e. The van der Waals surface area contributed by atoms with Crippen LogP contribution in [0.1, 0.15) is 6.92 Å². The van der Waals surface area contributed by atoms with Crippen LogP contribution in [0.5, 0.6) is 0 Å². The van der Waals surface area contributed by atoms with Gasteiger partial charge < -0.3 is 10.4 Å². The van der Waals surface area contributed by atoms with Gasteiger partial charge in [0.05, 0.1) is 11.9 Å². The average molecular weight is 260 g/mol. The first-order chi connectivity index (χ1) is 7.63. The van der Waals surface area contributed by atoms with Crippen molar-refractivity contribution < 1.29 is 9.90 Å². The lowest BCUT2D eigenvalue weighted by molar-refractivity contribution is -0.115. The lowest BCUT2D eigenvalue weighted by Gasteiger charge is -2.11. The zero-order valence-corrected chi connectivity index (χ0v) is 10.5. The summed E-state index contributed by atoms with van der Waals surface area (Å²) in [7, 11) is 0. The highest BCUT2D eigenvalue weighted by Gasteiger charge is 2.12. The van der Waals surface area contributed by atoms with Gasteiger partial charge >= 0.3 is 0 Å². The molecule has 0 spiro atoms. The molecule has 1 aromatic rings. The van der Waals surface area contributed by atoms with Crippen molar-refractivity contribution in [1.82, 2.24) is 0 Å². The van der Waals surface area contributed by atoms with Crippen LogP contribution in [0, 0.1) is 0 Å². The first-order valence-electron chi connectivity index (χ1n) is 4.92. The molecule has 0 bridgehead atoms. The van der Waals surface area contributed by atoms with Crippen molar-refractivity contribution in [3.8, 4) is 0 Å². The van der Waals surface area contributed by atoms with Crippen LogP contribution >= 0.6 is 23.4 Å². The van der Waals surface area contributed by atoms with E-state index < -0.39 is 0 Å². The minimum absolute atomic E-state index is 0.0687. The quantitative estimate of drug-likeness (QED) is 0.854. The molecule has 1 amide bonds. The maximum atomic E-state index is 11.7. The summed E-state index contributed by atoms with van der Waals surface area (Å²) in [5.74, 6) is 0.496. The zero-order valence-electron chi connectivity index (χ0n) is 8.94. The number of amides is 1. The lowest BCUT2D eigenvalue weighted by atomic mass is 10.3.